The number of ether oxygens (including phenoxy) is 2. The lowest BCUT2D eigenvalue weighted by Crippen LogP contribution is -2.45. The molecule has 0 bridgehead atoms. The highest BCUT2D eigenvalue weighted by Gasteiger charge is 2.32. The highest BCUT2D eigenvalue weighted by molar-refractivity contribution is 14.1. The number of hydrogen-bond acceptors (Lipinski definition) is 5. The Morgan fingerprint density at radius 3 is 2.50 bits per heavy atom. The van der Waals surface area contributed by atoms with Crippen molar-refractivity contribution in [3.63, 3.8) is 0 Å². The minimum absolute atomic E-state index is 0.0346. The molecule has 0 spiro atoms. The first-order valence-corrected chi connectivity index (χ1v) is 9.77. The van der Waals surface area contributed by atoms with Crippen LogP contribution in [0.5, 0.6) is 0 Å². The van der Waals surface area contributed by atoms with Crippen LogP contribution < -0.4 is 5.06 Å². The quantitative estimate of drug-likeness (QED) is 0.347. The van der Waals surface area contributed by atoms with Crippen molar-refractivity contribution in [3.8, 4) is 0 Å². The zero-order valence-corrected chi connectivity index (χ0v) is 17.4. The largest absolute Gasteiger partial charge is 0.461 e. The zero-order valence-electron chi connectivity index (χ0n) is 15.2. The molecule has 0 N–H and O–H groups in total. The van der Waals surface area contributed by atoms with Crippen molar-refractivity contribution >= 4 is 44.9 Å². The average Bonchev–Trinajstić information content (AvgIpc) is 3.12. The zero-order chi connectivity index (χ0) is 19.9. The number of hydrogen-bond donors (Lipinski definition) is 0. The third-order valence-corrected chi connectivity index (χ3v) is 5.05. The highest BCUT2D eigenvalue weighted by Crippen LogP contribution is 2.36. The summed E-state index contributed by atoms with van der Waals surface area (Å²) in [5, 5.41) is 1.74. The molecule has 5 nitrogen and oxygen atoms in total. The summed E-state index contributed by atoms with van der Waals surface area (Å²) in [6.45, 7) is 4.04. The van der Waals surface area contributed by atoms with Crippen LogP contribution in [0.4, 0.5) is 20.2 Å². The van der Waals surface area contributed by atoms with Crippen molar-refractivity contribution in [2.75, 3.05) is 18.3 Å². The minimum Gasteiger partial charge on any atom is -0.461 e. The van der Waals surface area contributed by atoms with Crippen LogP contribution in [0.2, 0.25) is 0 Å². The summed E-state index contributed by atoms with van der Waals surface area (Å²) < 4.78 is 47.0. The van der Waals surface area contributed by atoms with E-state index in [1.165, 1.54) is 24.5 Å². The van der Waals surface area contributed by atoms with Crippen molar-refractivity contribution in [1.82, 2.24) is 0 Å². The van der Waals surface area contributed by atoms with Gasteiger partial charge in [0.25, 0.3) is 0 Å². The molecule has 0 radical (unpaired) electrons. The minimum atomic E-state index is -0.725. The van der Waals surface area contributed by atoms with Gasteiger partial charge in [0.05, 0.1) is 19.5 Å². The van der Waals surface area contributed by atoms with Gasteiger partial charge in [-0.2, -0.15) is 0 Å². The maximum atomic E-state index is 15.1. The van der Waals surface area contributed by atoms with Crippen molar-refractivity contribution < 1.29 is 27.5 Å². The first kappa shape index (κ1) is 19.6. The lowest BCUT2D eigenvalue weighted by Gasteiger charge is -2.37. The summed E-state index contributed by atoms with van der Waals surface area (Å²) in [4.78, 5) is 5.94. The fourth-order valence-corrected chi connectivity index (χ4v) is 3.37. The number of benzene rings is 2. The Labute approximate surface area is 174 Å². The van der Waals surface area contributed by atoms with Crippen molar-refractivity contribution in [2.24, 2.45) is 0 Å². The molecule has 2 aromatic carbocycles. The van der Waals surface area contributed by atoms with E-state index in [1.807, 2.05) is 22.6 Å². The molecule has 0 saturated carbocycles. The molecular weight excluding hydrogens is 483 g/mol. The second-order valence-electron chi connectivity index (χ2n) is 6.88. The van der Waals surface area contributed by atoms with Crippen LogP contribution >= 0.6 is 22.6 Å². The maximum Gasteiger partial charge on any atom is 0.192 e. The van der Waals surface area contributed by atoms with Gasteiger partial charge in [-0.15, -0.1) is 0 Å². The van der Waals surface area contributed by atoms with Crippen molar-refractivity contribution in [2.45, 2.75) is 25.7 Å². The molecule has 148 valence electrons. The Balaban J connectivity index is 1.73. The van der Waals surface area contributed by atoms with E-state index in [0.717, 1.165) is 5.06 Å². The number of fused-ring (bicyclic) bond motifs is 1. The Morgan fingerprint density at radius 2 is 1.79 bits per heavy atom. The lowest BCUT2D eigenvalue weighted by molar-refractivity contribution is -0.279. The molecule has 4 rings (SSSR count). The Bertz CT molecular complexity index is 997. The van der Waals surface area contributed by atoms with Gasteiger partial charge in [0.2, 0.25) is 0 Å². The third-order valence-electron chi connectivity index (χ3n) is 4.38. The molecule has 1 fully saturated rings. The molecule has 2 heterocycles. The molecule has 0 amide bonds. The predicted octanol–water partition coefficient (Wildman–Crippen LogP) is 5.54. The molecule has 3 aromatic rings. The van der Waals surface area contributed by atoms with Crippen LogP contribution in [0.1, 0.15) is 13.8 Å². The highest BCUT2D eigenvalue weighted by atomic mass is 127. The maximum absolute atomic E-state index is 15.1. The van der Waals surface area contributed by atoms with Crippen LogP contribution in [-0.2, 0) is 14.3 Å². The number of rotatable bonds is 4. The van der Waals surface area contributed by atoms with Crippen LogP contribution in [0.15, 0.2) is 47.1 Å². The summed E-state index contributed by atoms with van der Waals surface area (Å²) in [7, 11) is 0. The second kappa shape index (κ2) is 7.58. The summed E-state index contributed by atoms with van der Waals surface area (Å²) >= 11 is 2.01. The Kier molecular flexibility index (Phi) is 5.30. The van der Waals surface area contributed by atoms with E-state index >= 15 is 4.39 Å². The summed E-state index contributed by atoms with van der Waals surface area (Å²) in [6.07, 6.45) is 0.859. The molecule has 1 aliphatic heterocycles. The molecule has 0 unspecified atom stereocenters. The number of halogens is 3. The lowest BCUT2D eigenvalue weighted by atomic mass is 10.2. The van der Waals surface area contributed by atoms with Gasteiger partial charge in [-0.1, -0.05) is 0 Å². The molecule has 28 heavy (non-hydrogen) atoms. The van der Waals surface area contributed by atoms with Gasteiger partial charge in [-0.3, -0.25) is 4.84 Å². The van der Waals surface area contributed by atoms with E-state index in [2.05, 4.69) is 0 Å². The molecule has 0 atom stereocenters. The molecule has 0 aliphatic carbocycles. The first-order chi connectivity index (χ1) is 13.3. The van der Waals surface area contributed by atoms with Gasteiger partial charge in [0, 0.05) is 8.96 Å². The van der Waals surface area contributed by atoms with E-state index in [9.17, 15) is 4.39 Å². The van der Waals surface area contributed by atoms with E-state index in [4.69, 9.17) is 18.7 Å². The number of nitrogens with zero attached hydrogens (tertiary/aromatic N) is 1. The van der Waals surface area contributed by atoms with Crippen LogP contribution in [-0.4, -0.2) is 25.1 Å². The van der Waals surface area contributed by atoms with E-state index < -0.39 is 23.5 Å². The predicted molar refractivity (Wildman–Crippen MR) is 108 cm³/mol. The fourth-order valence-electron chi connectivity index (χ4n) is 2.92. The monoisotopic (exact) mass is 501 g/mol. The second-order valence-corrected chi connectivity index (χ2v) is 8.12. The standard InChI is InChI=1S/C20H18F2INO4/c1-20(2)26-10-14(11-27-20)28-24(16-6-4-13(23)9-15(16)21)17-5-3-12-7-8-25-19(12)18(17)22/h3-9,14H,10-11H2,1-2H3. The number of furan rings is 1. The summed E-state index contributed by atoms with van der Waals surface area (Å²) in [5.74, 6) is -1.90. The Morgan fingerprint density at radius 1 is 1.07 bits per heavy atom. The van der Waals surface area contributed by atoms with Gasteiger partial charge in [0.15, 0.2) is 17.2 Å². The third kappa shape index (κ3) is 3.86. The van der Waals surface area contributed by atoms with E-state index in [-0.39, 0.29) is 30.2 Å². The molecular formula is C20H18F2INO4. The van der Waals surface area contributed by atoms with Gasteiger partial charge >= 0.3 is 0 Å². The average molecular weight is 501 g/mol. The van der Waals surface area contributed by atoms with Crippen LogP contribution in [0.25, 0.3) is 11.0 Å². The van der Waals surface area contributed by atoms with Gasteiger partial charge < -0.3 is 13.9 Å². The molecule has 1 saturated heterocycles. The Hall–Kier alpha value is -1.75. The topological polar surface area (TPSA) is 44.1 Å². The molecule has 1 aliphatic rings. The van der Waals surface area contributed by atoms with Gasteiger partial charge in [0.1, 0.15) is 23.3 Å². The fraction of sp³-hybridized carbons (Fsp3) is 0.300. The first-order valence-electron chi connectivity index (χ1n) is 8.70. The summed E-state index contributed by atoms with van der Waals surface area (Å²) in [5.41, 5.74) is 0.191. The number of anilines is 2. The smallest absolute Gasteiger partial charge is 0.192 e. The van der Waals surface area contributed by atoms with Crippen molar-refractivity contribution in [3.05, 3.63) is 57.9 Å². The van der Waals surface area contributed by atoms with Gasteiger partial charge in [-0.25, -0.2) is 13.8 Å². The van der Waals surface area contributed by atoms with Crippen LogP contribution in [0, 0.1) is 15.2 Å². The molecule has 8 heteroatoms. The molecule has 1 aromatic heterocycles. The normalized spacial score (nSPS) is 17.2. The van der Waals surface area contributed by atoms with Crippen molar-refractivity contribution in [1.29, 1.82) is 0 Å². The SMILES string of the molecule is CC1(C)OCC(ON(c2ccc(I)cc2F)c2ccc3ccoc3c2F)CO1. The van der Waals surface area contributed by atoms with E-state index in [0.29, 0.717) is 8.96 Å². The van der Waals surface area contributed by atoms with E-state index in [1.54, 1.807) is 32.0 Å². The summed E-state index contributed by atoms with van der Waals surface area (Å²) in [6, 6.07) is 9.48. The van der Waals surface area contributed by atoms with Crippen LogP contribution in [0.3, 0.4) is 0 Å². The van der Waals surface area contributed by atoms with Gasteiger partial charge in [-0.05, 0) is 72.8 Å².